The van der Waals surface area contributed by atoms with Gasteiger partial charge in [0.1, 0.15) is 6.29 Å². The summed E-state index contributed by atoms with van der Waals surface area (Å²) in [7, 11) is 0. The number of nitro benzene ring substituents is 1. The van der Waals surface area contributed by atoms with Crippen molar-refractivity contribution in [3.05, 3.63) is 62.1 Å². The van der Waals surface area contributed by atoms with Crippen molar-refractivity contribution in [3.8, 4) is 5.75 Å². The van der Waals surface area contributed by atoms with Crippen LogP contribution in [0.15, 0.2) is 36.4 Å². The molecule has 0 aliphatic rings. The number of carbonyl (C=O) groups is 2. The van der Waals surface area contributed by atoms with Gasteiger partial charge in [-0.15, -0.1) is 0 Å². The summed E-state index contributed by atoms with van der Waals surface area (Å²) < 4.78 is 5.16. The van der Waals surface area contributed by atoms with Crippen molar-refractivity contribution in [2.45, 2.75) is 0 Å². The fraction of sp³-hybridized carbons (Fsp3) is 0.0667. The summed E-state index contributed by atoms with van der Waals surface area (Å²) in [5, 5.41) is 13.9. The molecular weight excluding hydrogens is 359 g/mol. The Bertz CT molecular complexity index is 810. The lowest BCUT2D eigenvalue weighted by molar-refractivity contribution is -0.385. The zero-order valence-corrected chi connectivity index (χ0v) is 13.5. The van der Waals surface area contributed by atoms with E-state index in [1.165, 1.54) is 12.1 Å². The van der Waals surface area contributed by atoms with E-state index < -0.39 is 23.1 Å². The van der Waals surface area contributed by atoms with Gasteiger partial charge < -0.3 is 10.1 Å². The summed E-state index contributed by atoms with van der Waals surface area (Å²) in [4.78, 5) is 32.8. The van der Waals surface area contributed by atoms with Crippen molar-refractivity contribution in [3.63, 3.8) is 0 Å². The van der Waals surface area contributed by atoms with Gasteiger partial charge in [0.15, 0.2) is 12.4 Å². The molecular formula is C15H10Cl2N2O5. The molecule has 9 heteroatoms. The van der Waals surface area contributed by atoms with Crippen molar-refractivity contribution >= 4 is 46.8 Å². The number of anilines is 1. The van der Waals surface area contributed by atoms with Gasteiger partial charge in [-0.05, 0) is 24.3 Å². The number of amides is 1. The second-order valence-corrected chi connectivity index (χ2v) is 5.33. The normalized spacial score (nSPS) is 10.1. The summed E-state index contributed by atoms with van der Waals surface area (Å²) >= 11 is 11.8. The second kappa shape index (κ2) is 7.76. The van der Waals surface area contributed by atoms with Crippen molar-refractivity contribution in [1.29, 1.82) is 0 Å². The van der Waals surface area contributed by atoms with Crippen LogP contribution in [-0.2, 0) is 4.79 Å². The van der Waals surface area contributed by atoms with E-state index in [0.717, 1.165) is 6.07 Å². The smallest absolute Gasteiger partial charge is 0.311 e. The predicted molar refractivity (Wildman–Crippen MR) is 89.1 cm³/mol. The number of nitro groups is 1. The van der Waals surface area contributed by atoms with E-state index in [1.54, 1.807) is 18.2 Å². The Kier molecular flexibility index (Phi) is 5.73. The minimum absolute atomic E-state index is 0.127. The molecule has 2 aromatic carbocycles. The van der Waals surface area contributed by atoms with Gasteiger partial charge in [-0.1, -0.05) is 29.3 Å². The molecule has 0 aliphatic carbocycles. The number of rotatable bonds is 6. The standard InChI is InChI=1S/C15H10Cl2N2O5/c16-10-2-1-3-11(15(10)17)18-14(21)8-24-13-5-4-9(7-20)6-12(13)19(22)23/h1-7H,8H2,(H,18,21). The minimum atomic E-state index is -0.700. The fourth-order valence-electron chi connectivity index (χ4n) is 1.80. The third-order valence-electron chi connectivity index (χ3n) is 2.90. The minimum Gasteiger partial charge on any atom is -0.477 e. The average molecular weight is 369 g/mol. The number of hydrogen-bond acceptors (Lipinski definition) is 5. The van der Waals surface area contributed by atoms with Crippen molar-refractivity contribution < 1.29 is 19.2 Å². The molecule has 0 unspecified atom stereocenters. The largest absolute Gasteiger partial charge is 0.477 e. The summed E-state index contributed by atoms with van der Waals surface area (Å²) in [6.07, 6.45) is 0.477. The second-order valence-electron chi connectivity index (χ2n) is 4.54. The summed E-state index contributed by atoms with van der Waals surface area (Å²) in [6.45, 7) is -0.482. The number of nitrogens with zero attached hydrogens (tertiary/aromatic N) is 1. The summed E-state index contributed by atoms with van der Waals surface area (Å²) in [5.74, 6) is -0.703. The number of halogens is 2. The molecule has 2 aromatic rings. The van der Waals surface area contributed by atoms with Crippen molar-refractivity contribution in [2.75, 3.05) is 11.9 Å². The van der Waals surface area contributed by atoms with Crippen LogP contribution < -0.4 is 10.1 Å². The van der Waals surface area contributed by atoms with Crippen LogP contribution in [0.1, 0.15) is 10.4 Å². The van der Waals surface area contributed by atoms with E-state index in [-0.39, 0.29) is 21.4 Å². The maximum atomic E-state index is 11.9. The van der Waals surface area contributed by atoms with Crippen LogP contribution in [0.3, 0.4) is 0 Å². The first-order valence-electron chi connectivity index (χ1n) is 6.52. The van der Waals surface area contributed by atoms with Crippen LogP contribution in [0, 0.1) is 10.1 Å². The molecule has 0 saturated heterocycles. The van der Waals surface area contributed by atoms with Gasteiger partial charge in [-0.3, -0.25) is 19.7 Å². The molecule has 0 fully saturated rings. The molecule has 0 radical (unpaired) electrons. The molecule has 7 nitrogen and oxygen atoms in total. The first kappa shape index (κ1) is 17.7. The lowest BCUT2D eigenvalue weighted by Crippen LogP contribution is -2.20. The summed E-state index contributed by atoms with van der Waals surface area (Å²) in [5.41, 5.74) is 0.0148. The van der Waals surface area contributed by atoms with Crippen LogP contribution in [0.25, 0.3) is 0 Å². The zero-order valence-electron chi connectivity index (χ0n) is 12.0. The Morgan fingerprint density at radius 2 is 2.04 bits per heavy atom. The molecule has 0 aromatic heterocycles. The third-order valence-corrected chi connectivity index (χ3v) is 3.72. The monoisotopic (exact) mass is 368 g/mol. The molecule has 24 heavy (non-hydrogen) atoms. The number of carbonyl (C=O) groups excluding carboxylic acids is 2. The van der Waals surface area contributed by atoms with E-state index in [0.29, 0.717) is 12.0 Å². The molecule has 0 spiro atoms. The van der Waals surface area contributed by atoms with Gasteiger partial charge in [0.05, 0.1) is 20.7 Å². The fourth-order valence-corrected chi connectivity index (χ4v) is 2.15. The Balaban J connectivity index is 2.08. The highest BCUT2D eigenvalue weighted by molar-refractivity contribution is 6.43. The van der Waals surface area contributed by atoms with Crippen LogP contribution >= 0.6 is 23.2 Å². The number of nitrogens with one attached hydrogen (secondary N) is 1. The molecule has 0 atom stereocenters. The van der Waals surface area contributed by atoms with Gasteiger partial charge in [0, 0.05) is 11.6 Å². The van der Waals surface area contributed by atoms with Crippen LogP contribution in [0.4, 0.5) is 11.4 Å². The van der Waals surface area contributed by atoms with Crippen LogP contribution in [0.5, 0.6) is 5.75 Å². The first-order chi connectivity index (χ1) is 11.4. The quantitative estimate of drug-likeness (QED) is 0.475. The lowest BCUT2D eigenvalue weighted by atomic mass is 10.2. The molecule has 2 rings (SSSR count). The van der Waals surface area contributed by atoms with E-state index in [4.69, 9.17) is 27.9 Å². The molecule has 0 aliphatic heterocycles. The molecule has 0 heterocycles. The van der Waals surface area contributed by atoms with Crippen molar-refractivity contribution in [1.82, 2.24) is 0 Å². The molecule has 124 valence electrons. The summed E-state index contributed by atoms with van der Waals surface area (Å²) in [6, 6.07) is 8.38. The average Bonchev–Trinajstić information content (AvgIpc) is 2.57. The van der Waals surface area contributed by atoms with Gasteiger partial charge in [0.2, 0.25) is 0 Å². The number of benzene rings is 2. The number of ether oxygens (including phenoxy) is 1. The highest BCUT2D eigenvalue weighted by atomic mass is 35.5. The maximum absolute atomic E-state index is 11.9. The van der Waals surface area contributed by atoms with Crippen molar-refractivity contribution in [2.24, 2.45) is 0 Å². The third kappa shape index (κ3) is 4.21. The highest BCUT2D eigenvalue weighted by Crippen LogP contribution is 2.30. The Hall–Kier alpha value is -2.64. The first-order valence-corrected chi connectivity index (χ1v) is 7.28. The van der Waals surface area contributed by atoms with Crippen LogP contribution in [-0.4, -0.2) is 23.7 Å². The maximum Gasteiger partial charge on any atom is 0.311 e. The van der Waals surface area contributed by atoms with Gasteiger partial charge in [0.25, 0.3) is 5.91 Å². The SMILES string of the molecule is O=Cc1ccc(OCC(=O)Nc2cccc(Cl)c2Cl)c([N+](=O)[O-])c1. The van der Waals surface area contributed by atoms with Gasteiger partial charge in [-0.2, -0.15) is 0 Å². The number of hydrogen-bond donors (Lipinski definition) is 1. The lowest BCUT2D eigenvalue weighted by Gasteiger charge is -2.09. The van der Waals surface area contributed by atoms with Gasteiger partial charge >= 0.3 is 5.69 Å². The topological polar surface area (TPSA) is 98.5 Å². The van der Waals surface area contributed by atoms with E-state index in [9.17, 15) is 19.7 Å². The predicted octanol–water partition coefficient (Wildman–Crippen LogP) is 3.73. The molecule has 0 bridgehead atoms. The van der Waals surface area contributed by atoms with Gasteiger partial charge in [-0.25, -0.2) is 0 Å². The van der Waals surface area contributed by atoms with Crippen LogP contribution in [0.2, 0.25) is 10.0 Å². The Morgan fingerprint density at radius 1 is 1.29 bits per heavy atom. The Labute approximate surface area is 146 Å². The zero-order chi connectivity index (χ0) is 17.7. The molecule has 1 N–H and O–H groups in total. The number of aldehydes is 1. The molecule has 0 saturated carbocycles. The van der Waals surface area contributed by atoms with E-state index >= 15 is 0 Å². The highest BCUT2D eigenvalue weighted by Gasteiger charge is 2.17. The van der Waals surface area contributed by atoms with E-state index in [2.05, 4.69) is 5.32 Å². The Morgan fingerprint density at radius 3 is 2.71 bits per heavy atom. The molecule has 1 amide bonds. The van der Waals surface area contributed by atoms with E-state index in [1.807, 2.05) is 0 Å².